The van der Waals surface area contributed by atoms with E-state index in [-0.39, 0.29) is 0 Å². The Kier molecular flexibility index (Phi) is 4.56. The molecule has 0 amide bonds. The van der Waals surface area contributed by atoms with E-state index in [1.807, 2.05) is 19.0 Å². The zero-order valence-electron chi connectivity index (χ0n) is 12.6. The monoisotopic (exact) mass is 280 g/mol. The molecule has 112 valence electrons. The topological polar surface area (TPSA) is 95.2 Å². The highest BCUT2D eigenvalue weighted by Gasteiger charge is 2.25. The summed E-state index contributed by atoms with van der Waals surface area (Å²) in [5.41, 5.74) is 5.77. The predicted molar refractivity (Wildman–Crippen MR) is 80.2 cm³/mol. The SMILES string of the molecule is CC1CCCC(C)N1Nc1nc(NN)nc(N(C)C)n1. The van der Waals surface area contributed by atoms with Crippen LogP contribution in [0.3, 0.4) is 0 Å². The fraction of sp³-hybridized carbons (Fsp3) is 0.750. The van der Waals surface area contributed by atoms with Crippen LogP contribution >= 0.6 is 0 Å². The van der Waals surface area contributed by atoms with Crippen molar-refractivity contribution in [2.24, 2.45) is 5.84 Å². The van der Waals surface area contributed by atoms with Crippen LogP contribution in [0.5, 0.6) is 0 Å². The Bertz CT molecular complexity index is 439. The number of aromatic nitrogens is 3. The van der Waals surface area contributed by atoms with Crippen LogP contribution in [0.2, 0.25) is 0 Å². The van der Waals surface area contributed by atoms with Gasteiger partial charge in [-0.1, -0.05) is 6.42 Å². The van der Waals surface area contributed by atoms with Gasteiger partial charge in [-0.3, -0.25) is 10.9 Å². The third-order valence-corrected chi connectivity index (χ3v) is 3.58. The van der Waals surface area contributed by atoms with Gasteiger partial charge in [0.2, 0.25) is 17.8 Å². The first-order valence-electron chi connectivity index (χ1n) is 6.96. The number of nitrogens with zero attached hydrogens (tertiary/aromatic N) is 5. The Hall–Kier alpha value is -1.67. The molecule has 20 heavy (non-hydrogen) atoms. The Balaban J connectivity index is 2.21. The molecule has 1 aliphatic rings. The average molecular weight is 280 g/mol. The fourth-order valence-corrected chi connectivity index (χ4v) is 2.44. The van der Waals surface area contributed by atoms with Crippen molar-refractivity contribution in [2.45, 2.75) is 45.2 Å². The molecule has 1 saturated heterocycles. The van der Waals surface area contributed by atoms with Gasteiger partial charge in [-0.05, 0) is 26.7 Å². The van der Waals surface area contributed by atoms with E-state index < -0.39 is 0 Å². The standard InChI is InChI=1S/C12H24N8/c1-8-6-5-7-9(2)20(8)18-11-14-10(17-13)15-12(16-11)19(3)4/h8-9H,5-7,13H2,1-4H3,(H2,14,15,16,17,18). The van der Waals surface area contributed by atoms with Gasteiger partial charge in [-0.25, -0.2) is 10.9 Å². The number of anilines is 3. The molecule has 8 nitrogen and oxygen atoms in total. The molecule has 1 aromatic rings. The van der Waals surface area contributed by atoms with Gasteiger partial charge in [0, 0.05) is 26.2 Å². The van der Waals surface area contributed by atoms with Crippen LogP contribution in [0.15, 0.2) is 0 Å². The van der Waals surface area contributed by atoms with Crippen molar-refractivity contribution in [3.63, 3.8) is 0 Å². The average Bonchev–Trinajstić information content (AvgIpc) is 2.42. The van der Waals surface area contributed by atoms with E-state index in [0.29, 0.717) is 29.9 Å². The summed E-state index contributed by atoms with van der Waals surface area (Å²) in [4.78, 5) is 14.7. The number of piperidine rings is 1. The van der Waals surface area contributed by atoms with Crippen LogP contribution in [0.25, 0.3) is 0 Å². The quantitative estimate of drug-likeness (QED) is 0.551. The number of hydrogen-bond acceptors (Lipinski definition) is 8. The minimum atomic E-state index is 0.350. The molecule has 4 N–H and O–H groups in total. The van der Waals surface area contributed by atoms with Gasteiger partial charge in [-0.15, -0.1) is 0 Å². The summed E-state index contributed by atoms with van der Waals surface area (Å²) < 4.78 is 0. The van der Waals surface area contributed by atoms with Crippen LogP contribution < -0.4 is 21.6 Å². The largest absolute Gasteiger partial charge is 0.347 e. The van der Waals surface area contributed by atoms with E-state index >= 15 is 0 Å². The van der Waals surface area contributed by atoms with Crippen molar-refractivity contribution < 1.29 is 0 Å². The molecular weight excluding hydrogens is 256 g/mol. The highest BCUT2D eigenvalue weighted by atomic mass is 15.6. The van der Waals surface area contributed by atoms with Crippen molar-refractivity contribution in [1.29, 1.82) is 0 Å². The van der Waals surface area contributed by atoms with Gasteiger partial charge < -0.3 is 4.90 Å². The van der Waals surface area contributed by atoms with Crippen molar-refractivity contribution in [2.75, 3.05) is 29.8 Å². The van der Waals surface area contributed by atoms with Gasteiger partial charge in [0.25, 0.3) is 0 Å². The van der Waals surface area contributed by atoms with Crippen LogP contribution in [-0.4, -0.2) is 46.1 Å². The molecule has 0 bridgehead atoms. The Morgan fingerprint density at radius 2 is 1.70 bits per heavy atom. The summed E-state index contributed by atoms with van der Waals surface area (Å²) in [6, 6.07) is 0.903. The van der Waals surface area contributed by atoms with E-state index in [2.05, 4.69) is 44.7 Å². The predicted octanol–water partition coefficient (Wildman–Crippen LogP) is 0.813. The summed E-state index contributed by atoms with van der Waals surface area (Å²) in [5.74, 6) is 6.84. The van der Waals surface area contributed by atoms with E-state index in [1.165, 1.54) is 19.3 Å². The second-order valence-electron chi connectivity index (χ2n) is 5.47. The van der Waals surface area contributed by atoms with Crippen molar-refractivity contribution in [1.82, 2.24) is 20.0 Å². The number of rotatable bonds is 4. The molecule has 2 atom stereocenters. The molecule has 0 aliphatic carbocycles. The number of nitrogen functional groups attached to an aromatic ring is 1. The lowest BCUT2D eigenvalue weighted by atomic mass is 10.00. The maximum atomic E-state index is 5.41. The molecule has 0 aromatic carbocycles. The number of nitrogens with one attached hydrogen (secondary N) is 2. The minimum absolute atomic E-state index is 0.350. The lowest BCUT2D eigenvalue weighted by Crippen LogP contribution is -2.47. The third-order valence-electron chi connectivity index (χ3n) is 3.58. The smallest absolute Gasteiger partial charge is 0.244 e. The molecule has 2 rings (SSSR count). The second-order valence-corrected chi connectivity index (χ2v) is 5.47. The van der Waals surface area contributed by atoms with E-state index in [1.54, 1.807) is 0 Å². The molecule has 0 spiro atoms. The summed E-state index contributed by atoms with van der Waals surface area (Å²) in [7, 11) is 3.76. The molecule has 1 aromatic heterocycles. The van der Waals surface area contributed by atoms with Gasteiger partial charge in [0.05, 0.1) is 0 Å². The van der Waals surface area contributed by atoms with Crippen LogP contribution in [0.1, 0.15) is 33.1 Å². The molecule has 0 radical (unpaired) electrons. The summed E-state index contributed by atoms with van der Waals surface area (Å²) >= 11 is 0. The van der Waals surface area contributed by atoms with Gasteiger partial charge in [-0.2, -0.15) is 15.0 Å². The van der Waals surface area contributed by atoms with Gasteiger partial charge >= 0.3 is 0 Å². The minimum Gasteiger partial charge on any atom is -0.347 e. The van der Waals surface area contributed by atoms with E-state index in [9.17, 15) is 0 Å². The van der Waals surface area contributed by atoms with Crippen molar-refractivity contribution in [3.05, 3.63) is 0 Å². The highest BCUT2D eigenvalue weighted by Crippen LogP contribution is 2.23. The lowest BCUT2D eigenvalue weighted by Gasteiger charge is -2.38. The normalized spacial score (nSPS) is 23.4. The Morgan fingerprint density at radius 1 is 1.10 bits per heavy atom. The molecule has 2 heterocycles. The first-order chi connectivity index (χ1) is 9.51. The lowest BCUT2D eigenvalue weighted by molar-refractivity contribution is 0.134. The first kappa shape index (κ1) is 14.7. The summed E-state index contributed by atoms with van der Waals surface area (Å²) in [5, 5.41) is 2.21. The Labute approximate surface area is 119 Å². The number of hydrazine groups is 2. The Morgan fingerprint density at radius 3 is 2.25 bits per heavy atom. The zero-order valence-corrected chi connectivity index (χ0v) is 12.6. The molecule has 1 fully saturated rings. The number of hydrogen-bond donors (Lipinski definition) is 3. The molecule has 0 saturated carbocycles. The van der Waals surface area contributed by atoms with E-state index in [0.717, 1.165) is 0 Å². The second kappa shape index (κ2) is 6.19. The molecular formula is C12H24N8. The highest BCUT2D eigenvalue weighted by molar-refractivity contribution is 5.42. The molecule has 2 unspecified atom stereocenters. The molecule has 1 aliphatic heterocycles. The third kappa shape index (κ3) is 3.26. The van der Waals surface area contributed by atoms with Gasteiger partial charge in [0.15, 0.2) is 0 Å². The van der Waals surface area contributed by atoms with Crippen LogP contribution in [0, 0.1) is 0 Å². The number of nitrogens with two attached hydrogens (primary N) is 1. The van der Waals surface area contributed by atoms with Gasteiger partial charge in [0.1, 0.15) is 0 Å². The first-order valence-corrected chi connectivity index (χ1v) is 6.96. The fourth-order valence-electron chi connectivity index (χ4n) is 2.44. The van der Waals surface area contributed by atoms with Crippen molar-refractivity contribution >= 4 is 17.8 Å². The zero-order chi connectivity index (χ0) is 14.7. The summed E-state index contributed by atoms with van der Waals surface area (Å²) in [6.07, 6.45) is 3.60. The molecule has 8 heteroatoms. The van der Waals surface area contributed by atoms with Crippen molar-refractivity contribution in [3.8, 4) is 0 Å². The summed E-state index contributed by atoms with van der Waals surface area (Å²) in [6.45, 7) is 4.41. The maximum Gasteiger partial charge on any atom is 0.244 e. The van der Waals surface area contributed by atoms with E-state index in [4.69, 9.17) is 5.84 Å². The van der Waals surface area contributed by atoms with Crippen LogP contribution in [-0.2, 0) is 0 Å². The maximum absolute atomic E-state index is 5.41. The van der Waals surface area contributed by atoms with Crippen LogP contribution in [0.4, 0.5) is 17.8 Å².